The molecule has 1 aromatic heterocycles. The maximum absolute atomic E-state index is 4.31. The van der Waals surface area contributed by atoms with Gasteiger partial charge in [0, 0.05) is 11.4 Å². The summed E-state index contributed by atoms with van der Waals surface area (Å²) >= 11 is 1.66. The molecule has 1 aliphatic rings. The number of thiazole rings is 1. The van der Waals surface area contributed by atoms with E-state index in [0.29, 0.717) is 6.04 Å². The number of rotatable bonds is 5. The Kier molecular flexibility index (Phi) is 3.92. The van der Waals surface area contributed by atoms with Gasteiger partial charge in [-0.05, 0) is 39.2 Å². The SMILES string of the molecule is CC(NCCC1=CCCC1)c1cscn1. The van der Waals surface area contributed by atoms with Gasteiger partial charge in [0.15, 0.2) is 0 Å². The molecule has 1 atom stereocenters. The van der Waals surface area contributed by atoms with Gasteiger partial charge in [0.25, 0.3) is 0 Å². The fourth-order valence-electron chi connectivity index (χ4n) is 1.95. The summed E-state index contributed by atoms with van der Waals surface area (Å²) in [6.07, 6.45) is 7.56. The van der Waals surface area contributed by atoms with Crippen molar-refractivity contribution in [3.05, 3.63) is 28.2 Å². The number of hydrogen-bond donors (Lipinski definition) is 1. The molecule has 1 unspecified atom stereocenters. The van der Waals surface area contributed by atoms with Gasteiger partial charge >= 0.3 is 0 Å². The first-order valence-electron chi connectivity index (χ1n) is 5.65. The van der Waals surface area contributed by atoms with Gasteiger partial charge in [-0.1, -0.05) is 11.6 Å². The molecule has 2 nitrogen and oxygen atoms in total. The summed E-state index contributed by atoms with van der Waals surface area (Å²) < 4.78 is 0. The van der Waals surface area contributed by atoms with E-state index in [4.69, 9.17) is 0 Å². The van der Waals surface area contributed by atoms with E-state index in [2.05, 4.69) is 28.7 Å². The highest BCUT2D eigenvalue weighted by atomic mass is 32.1. The van der Waals surface area contributed by atoms with Crippen LogP contribution in [-0.2, 0) is 0 Å². The predicted molar refractivity (Wildman–Crippen MR) is 65.1 cm³/mol. The summed E-state index contributed by atoms with van der Waals surface area (Å²) in [5, 5.41) is 5.63. The molecule has 1 heterocycles. The topological polar surface area (TPSA) is 24.9 Å². The monoisotopic (exact) mass is 222 g/mol. The number of aromatic nitrogens is 1. The smallest absolute Gasteiger partial charge is 0.0795 e. The molecule has 0 aliphatic heterocycles. The third kappa shape index (κ3) is 3.14. The quantitative estimate of drug-likeness (QED) is 0.773. The van der Waals surface area contributed by atoms with E-state index in [0.717, 1.165) is 6.54 Å². The van der Waals surface area contributed by atoms with Crippen LogP contribution in [0.2, 0.25) is 0 Å². The molecule has 0 saturated heterocycles. The lowest BCUT2D eigenvalue weighted by Gasteiger charge is -2.11. The van der Waals surface area contributed by atoms with E-state index in [1.807, 2.05) is 5.51 Å². The average Bonchev–Trinajstić information content (AvgIpc) is 2.90. The summed E-state index contributed by atoms with van der Waals surface area (Å²) in [4.78, 5) is 4.31. The molecule has 82 valence electrons. The Labute approximate surface area is 95.4 Å². The lowest BCUT2D eigenvalue weighted by molar-refractivity contribution is 0.563. The largest absolute Gasteiger partial charge is 0.309 e. The standard InChI is InChI=1S/C12H18N2S/c1-10(12-8-15-9-14-12)13-7-6-11-4-2-3-5-11/h4,8-10,13H,2-3,5-7H2,1H3. The van der Waals surface area contributed by atoms with Gasteiger partial charge in [-0.15, -0.1) is 11.3 Å². The second-order valence-corrected chi connectivity index (χ2v) is 4.81. The molecular weight excluding hydrogens is 204 g/mol. The molecule has 1 aromatic rings. The van der Waals surface area contributed by atoms with E-state index in [9.17, 15) is 0 Å². The minimum atomic E-state index is 0.387. The van der Waals surface area contributed by atoms with Gasteiger partial charge < -0.3 is 5.32 Å². The van der Waals surface area contributed by atoms with E-state index in [1.54, 1.807) is 16.9 Å². The molecule has 1 N–H and O–H groups in total. The van der Waals surface area contributed by atoms with Gasteiger partial charge in [0.1, 0.15) is 0 Å². The van der Waals surface area contributed by atoms with Crippen molar-refractivity contribution in [1.29, 1.82) is 0 Å². The summed E-state index contributed by atoms with van der Waals surface area (Å²) in [6, 6.07) is 0.387. The fraction of sp³-hybridized carbons (Fsp3) is 0.583. The van der Waals surface area contributed by atoms with E-state index >= 15 is 0 Å². The van der Waals surface area contributed by atoms with Gasteiger partial charge in [0.05, 0.1) is 11.2 Å². The molecule has 1 aliphatic carbocycles. The molecular formula is C12H18N2S. The maximum Gasteiger partial charge on any atom is 0.0795 e. The molecule has 0 bridgehead atoms. The van der Waals surface area contributed by atoms with Crippen molar-refractivity contribution in [2.24, 2.45) is 0 Å². The van der Waals surface area contributed by atoms with Crippen molar-refractivity contribution >= 4 is 11.3 Å². The van der Waals surface area contributed by atoms with E-state index < -0.39 is 0 Å². The van der Waals surface area contributed by atoms with Crippen LogP contribution in [0.15, 0.2) is 22.5 Å². The molecule has 2 rings (SSSR count). The third-order valence-electron chi connectivity index (χ3n) is 2.93. The minimum Gasteiger partial charge on any atom is -0.309 e. The Bertz CT molecular complexity index is 316. The third-order valence-corrected chi connectivity index (χ3v) is 3.53. The molecule has 0 saturated carbocycles. The Morgan fingerprint density at radius 3 is 3.20 bits per heavy atom. The van der Waals surface area contributed by atoms with E-state index in [-0.39, 0.29) is 0 Å². The highest BCUT2D eigenvalue weighted by Gasteiger charge is 2.08. The van der Waals surface area contributed by atoms with Crippen LogP contribution < -0.4 is 5.32 Å². The van der Waals surface area contributed by atoms with Crippen LogP contribution in [0.3, 0.4) is 0 Å². The first-order chi connectivity index (χ1) is 7.36. The van der Waals surface area contributed by atoms with Crippen LogP contribution in [0.25, 0.3) is 0 Å². The maximum atomic E-state index is 4.31. The first-order valence-corrected chi connectivity index (χ1v) is 6.60. The zero-order valence-electron chi connectivity index (χ0n) is 9.20. The minimum absolute atomic E-state index is 0.387. The van der Waals surface area contributed by atoms with Crippen molar-refractivity contribution in [1.82, 2.24) is 10.3 Å². The summed E-state index contributed by atoms with van der Waals surface area (Å²) in [6.45, 7) is 3.25. The van der Waals surface area contributed by atoms with Crippen LogP contribution in [0.4, 0.5) is 0 Å². The fourth-order valence-corrected chi connectivity index (χ4v) is 2.60. The van der Waals surface area contributed by atoms with Crippen LogP contribution in [-0.4, -0.2) is 11.5 Å². The van der Waals surface area contributed by atoms with Crippen LogP contribution in [0.1, 0.15) is 44.3 Å². The van der Waals surface area contributed by atoms with Crippen molar-refractivity contribution in [2.75, 3.05) is 6.54 Å². The Balaban J connectivity index is 1.69. The van der Waals surface area contributed by atoms with Crippen molar-refractivity contribution < 1.29 is 0 Å². The second kappa shape index (κ2) is 5.42. The normalized spacial score (nSPS) is 17.8. The summed E-state index contributed by atoms with van der Waals surface area (Å²) in [5.74, 6) is 0. The summed E-state index contributed by atoms with van der Waals surface area (Å²) in [5.41, 5.74) is 4.70. The van der Waals surface area contributed by atoms with Gasteiger partial charge in [-0.3, -0.25) is 0 Å². The Morgan fingerprint density at radius 2 is 2.53 bits per heavy atom. The second-order valence-electron chi connectivity index (χ2n) is 4.09. The molecule has 0 fully saturated rings. The van der Waals surface area contributed by atoms with Crippen molar-refractivity contribution in [3.8, 4) is 0 Å². The van der Waals surface area contributed by atoms with Crippen molar-refractivity contribution in [3.63, 3.8) is 0 Å². The number of nitrogens with one attached hydrogen (secondary N) is 1. The average molecular weight is 222 g/mol. The highest BCUT2D eigenvalue weighted by Crippen LogP contribution is 2.20. The zero-order valence-corrected chi connectivity index (χ0v) is 10.0. The van der Waals surface area contributed by atoms with Crippen LogP contribution in [0.5, 0.6) is 0 Å². The van der Waals surface area contributed by atoms with E-state index in [1.165, 1.54) is 31.4 Å². The van der Waals surface area contributed by atoms with Gasteiger partial charge in [-0.2, -0.15) is 0 Å². The molecule has 3 heteroatoms. The first kappa shape index (κ1) is 10.8. The highest BCUT2D eigenvalue weighted by molar-refractivity contribution is 7.07. The Hall–Kier alpha value is -0.670. The number of nitrogens with zero attached hydrogens (tertiary/aromatic N) is 1. The molecule has 15 heavy (non-hydrogen) atoms. The number of allylic oxidation sites excluding steroid dienone is 1. The van der Waals surface area contributed by atoms with Gasteiger partial charge in [0.2, 0.25) is 0 Å². The van der Waals surface area contributed by atoms with Crippen LogP contribution in [0, 0.1) is 0 Å². The lowest BCUT2D eigenvalue weighted by atomic mass is 10.1. The van der Waals surface area contributed by atoms with Crippen LogP contribution >= 0.6 is 11.3 Å². The molecule has 0 amide bonds. The molecule has 0 spiro atoms. The zero-order chi connectivity index (χ0) is 10.5. The number of hydrogen-bond acceptors (Lipinski definition) is 3. The van der Waals surface area contributed by atoms with Gasteiger partial charge in [-0.25, -0.2) is 4.98 Å². The lowest BCUT2D eigenvalue weighted by Crippen LogP contribution is -2.20. The Morgan fingerprint density at radius 1 is 1.60 bits per heavy atom. The predicted octanol–water partition coefficient (Wildman–Crippen LogP) is 3.29. The molecule has 0 radical (unpaired) electrons. The molecule has 0 aromatic carbocycles. The summed E-state index contributed by atoms with van der Waals surface area (Å²) in [7, 11) is 0. The van der Waals surface area contributed by atoms with Crippen molar-refractivity contribution in [2.45, 2.75) is 38.6 Å².